The van der Waals surface area contributed by atoms with Gasteiger partial charge in [-0.15, -0.1) is 0 Å². The van der Waals surface area contributed by atoms with E-state index < -0.39 is 29.3 Å². The van der Waals surface area contributed by atoms with Gasteiger partial charge in [0.25, 0.3) is 0 Å². The van der Waals surface area contributed by atoms with Gasteiger partial charge in [-0.3, -0.25) is 9.69 Å². The van der Waals surface area contributed by atoms with Crippen molar-refractivity contribution < 1.29 is 23.9 Å². The highest BCUT2D eigenvalue weighted by Gasteiger charge is 2.46. The Balaban J connectivity index is 3.20. The Hall–Kier alpha value is -2.05. The first-order valence-electron chi connectivity index (χ1n) is 7.85. The van der Waals surface area contributed by atoms with Crippen LogP contribution in [0.25, 0.3) is 0 Å². The molecule has 136 valence electrons. The highest BCUT2D eigenvalue weighted by atomic mass is 16.6. The molecule has 0 aromatic heterocycles. The molecule has 1 aliphatic heterocycles. The van der Waals surface area contributed by atoms with Gasteiger partial charge < -0.3 is 14.4 Å². The summed E-state index contributed by atoms with van der Waals surface area (Å²) in [5.74, 6) is -0.947. The van der Waals surface area contributed by atoms with Crippen LogP contribution in [-0.4, -0.2) is 65.5 Å². The van der Waals surface area contributed by atoms with E-state index in [1.165, 1.54) is 0 Å². The Morgan fingerprint density at radius 2 is 1.58 bits per heavy atom. The molecule has 7 nitrogen and oxygen atoms in total. The van der Waals surface area contributed by atoms with Gasteiger partial charge in [0.2, 0.25) is 0 Å². The number of esters is 1. The second-order valence-corrected chi connectivity index (χ2v) is 8.02. The van der Waals surface area contributed by atoms with Gasteiger partial charge in [0.05, 0.1) is 6.54 Å². The average molecular weight is 340 g/mol. The molecule has 0 spiro atoms. The summed E-state index contributed by atoms with van der Waals surface area (Å²) in [6, 6.07) is -1.10. The number of ketones is 1. The number of likely N-dealkylation sites (tertiary alicyclic amines) is 1. The van der Waals surface area contributed by atoms with Crippen LogP contribution in [0.2, 0.25) is 0 Å². The summed E-state index contributed by atoms with van der Waals surface area (Å²) in [4.78, 5) is 40.1. The molecule has 0 radical (unpaired) electrons. The van der Waals surface area contributed by atoms with Crippen molar-refractivity contribution in [1.82, 2.24) is 9.80 Å². The topological polar surface area (TPSA) is 76.2 Å². The number of carbonyl (C=O) groups excluding carboxylic acids is 3. The molecule has 0 aromatic carbocycles. The van der Waals surface area contributed by atoms with Gasteiger partial charge in [-0.2, -0.15) is 0 Å². The zero-order chi connectivity index (χ0) is 18.9. The molecule has 0 N–H and O–H groups in total. The van der Waals surface area contributed by atoms with Crippen LogP contribution in [0.15, 0.2) is 11.8 Å². The number of carbonyl (C=O) groups is 3. The zero-order valence-corrected chi connectivity index (χ0v) is 15.8. The van der Waals surface area contributed by atoms with Crippen LogP contribution >= 0.6 is 0 Å². The van der Waals surface area contributed by atoms with E-state index in [0.717, 1.165) is 4.90 Å². The Bertz CT molecular complexity index is 552. The number of amides is 1. The first-order chi connectivity index (χ1) is 10.7. The van der Waals surface area contributed by atoms with E-state index >= 15 is 0 Å². The SMILES string of the molecule is CN(C)C=C1C(=O)CN(C(=O)OC(C)(C)C)C1C(=O)OC(C)(C)C. The minimum Gasteiger partial charge on any atom is -0.458 e. The van der Waals surface area contributed by atoms with Gasteiger partial charge in [0.1, 0.15) is 11.2 Å². The summed E-state index contributed by atoms with van der Waals surface area (Å²) in [6.45, 7) is 10.2. The summed E-state index contributed by atoms with van der Waals surface area (Å²) < 4.78 is 10.7. The maximum absolute atomic E-state index is 12.6. The minimum absolute atomic E-state index is 0.210. The second-order valence-electron chi connectivity index (χ2n) is 8.02. The molecule has 0 bridgehead atoms. The zero-order valence-electron chi connectivity index (χ0n) is 15.8. The number of hydrogen-bond acceptors (Lipinski definition) is 6. The summed E-state index contributed by atoms with van der Waals surface area (Å²) in [5, 5.41) is 0. The summed E-state index contributed by atoms with van der Waals surface area (Å²) in [5.41, 5.74) is -1.24. The van der Waals surface area contributed by atoms with Gasteiger partial charge >= 0.3 is 12.1 Å². The first kappa shape index (κ1) is 20.0. The van der Waals surface area contributed by atoms with Crippen molar-refractivity contribution in [2.45, 2.75) is 58.8 Å². The number of hydrogen-bond donors (Lipinski definition) is 0. The molecular weight excluding hydrogens is 312 g/mol. The van der Waals surface area contributed by atoms with E-state index in [1.807, 2.05) is 0 Å². The molecule has 1 rings (SSSR count). The third-order valence-corrected chi connectivity index (χ3v) is 2.90. The molecule has 1 unspecified atom stereocenters. The van der Waals surface area contributed by atoms with Crippen LogP contribution in [0.1, 0.15) is 41.5 Å². The lowest BCUT2D eigenvalue weighted by Crippen LogP contribution is -2.46. The average Bonchev–Trinajstić information content (AvgIpc) is 2.62. The van der Waals surface area contributed by atoms with E-state index in [-0.39, 0.29) is 17.9 Å². The first-order valence-corrected chi connectivity index (χ1v) is 7.85. The van der Waals surface area contributed by atoms with Gasteiger partial charge in [-0.25, -0.2) is 9.59 Å². The van der Waals surface area contributed by atoms with Crippen molar-refractivity contribution in [1.29, 1.82) is 0 Å². The highest BCUT2D eigenvalue weighted by molar-refractivity contribution is 6.09. The second kappa shape index (κ2) is 6.83. The molecule has 0 aliphatic carbocycles. The quantitative estimate of drug-likeness (QED) is 0.565. The lowest BCUT2D eigenvalue weighted by Gasteiger charge is -2.29. The number of Topliss-reactive ketones (excluding diaryl/α,β-unsaturated/α-hetero) is 1. The molecule has 1 heterocycles. The highest BCUT2D eigenvalue weighted by Crippen LogP contribution is 2.26. The molecule has 7 heteroatoms. The molecule has 24 heavy (non-hydrogen) atoms. The predicted octanol–water partition coefficient (Wildman–Crippen LogP) is 1.96. The van der Waals surface area contributed by atoms with Crippen LogP contribution in [0, 0.1) is 0 Å². The Morgan fingerprint density at radius 3 is 2.00 bits per heavy atom. The van der Waals surface area contributed by atoms with E-state index in [0.29, 0.717) is 0 Å². The maximum atomic E-state index is 12.6. The van der Waals surface area contributed by atoms with Gasteiger partial charge in [-0.1, -0.05) is 0 Å². The summed E-state index contributed by atoms with van der Waals surface area (Å²) >= 11 is 0. The van der Waals surface area contributed by atoms with Crippen LogP contribution in [0.3, 0.4) is 0 Å². The molecule has 0 saturated carbocycles. The third-order valence-electron chi connectivity index (χ3n) is 2.90. The predicted molar refractivity (Wildman–Crippen MR) is 89.4 cm³/mol. The Morgan fingerprint density at radius 1 is 1.08 bits per heavy atom. The fraction of sp³-hybridized carbons (Fsp3) is 0.706. The summed E-state index contributed by atoms with van der Waals surface area (Å²) in [6.07, 6.45) is 0.829. The largest absolute Gasteiger partial charge is 0.458 e. The number of ether oxygens (including phenoxy) is 2. The van der Waals surface area contributed by atoms with Crippen LogP contribution in [0.5, 0.6) is 0 Å². The van der Waals surface area contributed by atoms with Crippen molar-refractivity contribution >= 4 is 17.8 Å². The molecule has 1 aliphatic rings. The van der Waals surface area contributed by atoms with Gasteiger partial charge in [0, 0.05) is 25.9 Å². The Labute approximate surface area is 143 Å². The van der Waals surface area contributed by atoms with Crippen molar-refractivity contribution in [2.24, 2.45) is 0 Å². The standard InChI is InChI=1S/C17H28N2O5/c1-16(2,3)23-14(21)13-11(9-18(7)8)12(20)10-19(13)15(22)24-17(4,5)6/h9,13H,10H2,1-8H3. The fourth-order valence-electron chi connectivity index (χ4n) is 2.18. The lowest BCUT2D eigenvalue weighted by molar-refractivity contribution is -0.158. The number of rotatable bonds is 2. The van der Waals surface area contributed by atoms with Gasteiger partial charge in [0.15, 0.2) is 11.8 Å². The van der Waals surface area contributed by atoms with Crippen molar-refractivity contribution in [2.75, 3.05) is 20.6 Å². The van der Waals surface area contributed by atoms with E-state index in [4.69, 9.17) is 9.47 Å². The smallest absolute Gasteiger partial charge is 0.411 e. The molecular formula is C17H28N2O5. The lowest BCUT2D eigenvalue weighted by atomic mass is 10.1. The van der Waals surface area contributed by atoms with Crippen molar-refractivity contribution in [3.05, 3.63) is 11.8 Å². The minimum atomic E-state index is -1.10. The monoisotopic (exact) mass is 340 g/mol. The molecule has 1 amide bonds. The van der Waals surface area contributed by atoms with Crippen LogP contribution < -0.4 is 0 Å². The van der Waals surface area contributed by atoms with Crippen molar-refractivity contribution in [3.8, 4) is 0 Å². The maximum Gasteiger partial charge on any atom is 0.411 e. The molecule has 1 fully saturated rings. The third kappa shape index (κ3) is 5.54. The van der Waals surface area contributed by atoms with Crippen LogP contribution in [0.4, 0.5) is 4.79 Å². The van der Waals surface area contributed by atoms with E-state index in [9.17, 15) is 14.4 Å². The fourth-order valence-corrected chi connectivity index (χ4v) is 2.18. The van der Waals surface area contributed by atoms with E-state index in [2.05, 4.69) is 0 Å². The number of nitrogens with zero attached hydrogens (tertiary/aromatic N) is 2. The normalized spacial score (nSPS) is 20.3. The van der Waals surface area contributed by atoms with E-state index in [1.54, 1.807) is 66.7 Å². The van der Waals surface area contributed by atoms with Crippen molar-refractivity contribution in [3.63, 3.8) is 0 Å². The molecule has 1 saturated heterocycles. The molecule has 1 atom stereocenters. The van der Waals surface area contributed by atoms with Gasteiger partial charge in [-0.05, 0) is 41.5 Å². The van der Waals surface area contributed by atoms with Crippen LogP contribution in [-0.2, 0) is 19.1 Å². The Kier molecular flexibility index (Phi) is 5.69. The molecule has 0 aromatic rings. The summed E-state index contributed by atoms with van der Waals surface area (Å²) in [7, 11) is 3.48.